The maximum absolute atomic E-state index is 12.6. The van der Waals surface area contributed by atoms with Gasteiger partial charge in [-0.2, -0.15) is 0 Å². The highest BCUT2D eigenvalue weighted by Gasteiger charge is 2.64. The van der Waals surface area contributed by atoms with E-state index in [2.05, 4.69) is 22.1 Å². The molecule has 1 aromatic rings. The number of carbonyl (C=O) groups excluding carboxylic acids is 1. The third-order valence-corrected chi connectivity index (χ3v) is 6.16. The predicted octanol–water partition coefficient (Wildman–Crippen LogP) is -2.42. The highest BCUT2D eigenvalue weighted by molar-refractivity contribution is 7.51. The fourth-order valence-electron chi connectivity index (χ4n) is 3.96. The second-order valence-electron chi connectivity index (χ2n) is 8.38. The Labute approximate surface area is 200 Å². The number of amides is 1. The van der Waals surface area contributed by atoms with Crippen LogP contribution in [0.5, 0.6) is 0 Å². The van der Waals surface area contributed by atoms with Gasteiger partial charge in [0, 0.05) is 20.0 Å². The highest BCUT2D eigenvalue weighted by atomic mass is 31.2. The molecule has 0 spiro atoms. The molecule has 2 fully saturated rings. The molecule has 3 rings (SSSR count). The number of nitrogens with zero attached hydrogens (tertiary/aromatic N) is 1. The number of hydrogen-bond donors (Lipinski definition) is 5. The largest absolute Gasteiger partial charge is 0.381 e. The second-order valence-corrected chi connectivity index (χ2v) is 10.2. The van der Waals surface area contributed by atoms with Crippen molar-refractivity contribution in [3.05, 3.63) is 32.6 Å². The quantitative estimate of drug-likeness (QED) is 0.163. The predicted molar refractivity (Wildman–Crippen MR) is 123 cm³/mol. The summed E-state index contributed by atoms with van der Waals surface area (Å²) >= 11 is 0. The molecular weight excluding hydrogens is 485 g/mol. The van der Waals surface area contributed by atoms with Gasteiger partial charge in [-0.25, -0.2) is 4.79 Å². The van der Waals surface area contributed by atoms with Crippen LogP contribution >= 0.6 is 7.60 Å². The van der Waals surface area contributed by atoms with Gasteiger partial charge in [0.05, 0.1) is 25.8 Å². The average molecular weight is 515 g/mol. The van der Waals surface area contributed by atoms with Gasteiger partial charge >= 0.3 is 13.3 Å². The van der Waals surface area contributed by atoms with E-state index in [0.717, 1.165) is 11.2 Å². The zero-order chi connectivity index (χ0) is 25.8. The third-order valence-electron chi connectivity index (χ3n) is 5.54. The lowest BCUT2D eigenvalue weighted by Crippen LogP contribution is -2.46. The molecular formula is C20H30N5O9P. The number of hydrogen-bond acceptors (Lipinski definition) is 10. The Hall–Kier alpha value is -2.34. The minimum Gasteiger partial charge on any atom is -0.381 e. The van der Waals surface area contributed by atoms with Crippen molar-refractivity contribution in [2.24, 2.45) is 11.5 Å². The number of nitrogens with two attached hydrogens (primary N) is 2. The Morgan fingerprint density at radius 1 is 1.51 bits per heavy atom. The maximum Gasteiger partial charge on any atom is 0.330 e. The van der Waals surface area contributed by atoms with Gasteiger partial charge in [0.15, 0.2) is 6.23 Å². The zero-order valence-electron chi connectivity index (χ0n) is 19.4. The van der Waals surface area contributed by atoms with Crippen LogP contribution in [-0.4, -0.2) is 84.3 Å². The molecule has 0 aromatic carbocycles. The van der Waals surface area contributed by atoms with Gasteiger partial charge in [-0.05, 0) is 19.4 Å². The Kier molecular flexibility index (Phi) is 8.68. The molecule has 2 unspecified atom stereocenters. The Balaban J connectivity index is 1.80. The van der Waals surface area contributed by atoms with Gasteiger partial charge in [-0.1, -0.05) is 11.8 Å². The standard InChI is InChI=1S/C20H30N5O9P/c1-31-10-20-11-32-14(15(20)34-35(2,29)30)18(33-20)25-9-12(16(26)24-19(25)28)5-4-8-23-17(27)13(22)6-3-7-21/h9,13-15,18H,3,6-8,10-11,21-22H2,1-2H3,(H,23,27)(H,29,30)(H,24,26,28)/t13-,14-,15?,18+,20-/m0/s1. The maximum atomic E-state index is 12.6. The van der Waals surface area contributed by atoms with Crippen molar-refractivity contribution in [1.29, 1.82) is 0 Å². The van der Waals surface area contributed by atoms with E-state index in [9.17, 15) is 23.8 Å². The third kappa shape index (κ3) is 6.27. The fraction of sp³-hybridized carbons (Fsp3) is 0.650. The van der Waals surface area contributed by atoms with Crippen LogP contribution in [0.3, 0.4) is 0 Å². The van der Waals surface area contributed by atoms with Crippen molar-refractivity contribution >= 4 is 13.5 Å². The zero-order valence-corrected chi connectivity index (χ0v) is 20.3. The number of fused-ring (bicyclic) bond motifs is 2. The first-order valence-electron chi connectivity index (χ1n) is 10.9. The summed E-state index contributed by atoms with van der Waals surface area (Å²) in [5.41, 5.74) is 8.32. The van der Waals surface area contributed by atoms with Crippen LogP contribution in [0.15, 0.2) is 15.8 Å². The van der Waals surface area contributed by atoms with Crippen molar-refractivity contribution in [3.8, 4) is 11.8 Å². The van der Waals surface area contributed by atoms with Crippen LogP contribution in [0.25, 0.3) is 0 Å². The van der Waals surface area contributed by atoms with Crippen molar-refractivity contribution in [1.82, 2.24) is 14.9 Å². The van der Waals surface area contributed by atoms with Gasteiger partial charge in [-0.15, -0.1) is 0 Å². The minimum absolute atomic E-state index is 0.0184. The number of methoxy groups -OCH3 is 1. The summed E-state index contributed by atoms with van der Waals surface area (Å²) < 4.78 is 35.3. The van der Waals surface area contributed by atoms with Gasteiger partial charge in [0.2, 0.25) is 5.91 Å². The molecule has 1 amide bonds. The molecule has 0 aliphatic carbocycles. The molecule has 0 saturated carbocycles. The molecule has 2 bridgehead atoms. The van der Waals surface area contributed by atoms with Gasteiger partial charge < -0.3 is 35.9 Å². The number of aromatic amines is 1. The van der Waals surface area contributed by atoms with Crippen LogP contribution in [0.4, 0.5) is 0 Å². The van der Waals surface area contributed by atoms with Gasteiger partial charge in [0.1, 0.15) is 23.4 Å². The summed E-state index contributed by atoms with van der Waals surface area (Å²) in [5, 5.41) is 2.55. The highest BCUT2D eigenvalue weighted by Crippen LogP contribution is 2.52. The second kappa shape index (κ2) is 11.2. The normalized spacial score (nSPS) is 27.6. The average Bonchev–Trinajstić information content (AvgIpc) is 3.25. The number of H-pyrrole nitrogens is 1. The molecule has 1 aromatic heterocycles. The van der Waals surface area contributed by atoms with Crippen LogP contribution in [0.1, 0.15) is 24.6 Å². The monoisotopic (exact) mass is 515 g/mol. The van der Waals surface area contributed by atoms with E-state index in [0.29, 0.717) is 19.4 Å². The van der Waals surface area contributed by atoms with Gasteiger partial charge in [-0.3, -0.25) is 28.2 Å². The van der Waals surface area contributed by atoms with E-state index in [1.54, 1.807) is 0 Å². The molecule has 2 saturated heterocycles. The van der Waals surface area contributed by atoms with E-state index in [-0.39, 0.29) is 25.3 Å². The lowest BCUT2D eigenvalue weighted by molar-refractivity contribution is -0.190. The summed E-state index contributed by atoms with van der Waals surface area (Å²) in [7, 11) is -2.52. The molecule has 3 heterocycles. The number of ether oxygens (including phenoxy) is 3. The van der Waals surface area contributed by atoms with Crippen molar-refractivity contribution in [2.45, 2.75) is 42.9 Å². The molecule has 0 radical (unpaired) electrons. The molecule has 15 heteroatoms. The number of aromatic nitrogens is 2. The smallest absolute Gasteiger partial charge is 0.330 e. The lowest BCUT2D eigenvalue weighted by atomic mass is 10.0. The Morgan fingerprint density at radius 3 is 2.91 bits per heavy atom. The Morgan fingerprint density at radius 2 is 2.26 bits per heavy atom. The van der Waals surface area contributed by atoms with Crippen molar-refractivity contribution < 1.29 is 33.0 Å². The van der Waals surface area contributed by atoms with Crippen molar-refractivity contribution in [2.75, 3.05) is 40.1 Å². The summed E-state index contributed by atoms with van der Waals surface area (Å²) in [4.78, 5) is 48.7. The minimum atomic E-state index is -3.94. The van der Waals surface area contributed by atoms with E-state index < -0.39 is 54.8 Å². The first-order valence-corrected chi connectivity index (χ1v) is 12.9. The molecule has 2 aliphatic heterocycles. The van der Waals surface area contributed by atoms with Crippen LogP contribution in [0, 0.1) is 11.8 Å². The fourth-order valence-corrected chi connectivity index (χ4v) is 4.70. The van der Waals surface area contributed by atoms with E-state index >= 15 is 0 Å². The van der Waals surface area contributed by atoms with E-state index in [1.807, 2.05) is 0 Å². The summed E-state index contributed by atoms with van der Waals surface area (Å²) in [6.45, 7) is 1.37. The SMILES string of the molecule is COC[C@]12CO[C@@H](C1OP(C)(=O)O)[C@H](n1cc(C#CCNC(=O)[C@@H](N)CCCN)c(=O)[nH]c1=O)O2. The lowest BCUT2D eigenvalue weighted by Gasteiger charge is -2.31. The summed E-state index contributed by atoms with van der Waals surface area (Å²) in [5.74, 6) is 4.85. The summed E-state index contributed by atoms with van der Waals surface area (Å²) in [6.07, 6.45) is -0.772. The van der Waals surface area contributed by atoms with Crippen LogP contribution in [0.2, 0.25) is 0 Å². The molecule has 194 valence electrons. The number of nitrogens with one attached hydrogen (secondary N) is 2. The Bertz CT molecular complexity index is 1150. The first-order chi connectivity index (χ1) is 16.5. The van der Waals surface area contributed by atoms with Crippen LogP contribution in [-0.2, 0) is 28.1 Å². The van der Waals surface area contributed by atoms with E-state index in [4.69, 9.17) is 30.2 Å². The van der Waals surface area contributed by atoms with E-state index in [1.165, 1.54) is 13.3 Å². The number of carbonyl (C=O) groups is 1. The molecule has 35 heavy (non-hydrogen) atoms. The summed E-state index contributed by atoms with van der Waals surface area (Å²) in [6, 6.07) is -0.715. The molecule has 7 N–H and O–H groups in total. The van der Waals surface area contributed by atoms with Crippen LogP contribution < -0.4 is 28.0 Å². The molecule has 14 nitrogen and oxygen atoms in total. The molecule has 6 atom stereocenters. The number of rotatable bonds is 10. The van der Waals surface area contributed by atoms with Crippen molar-refractivity contribution in [3.63, 3.8) is 0 Å². The van der Waals surface area contributed by atoms with Gasteiger partial charge in [0.25, 0.3) is 5.56 Å². The topological polar surface area (TPSA) is 210 Å². The first kappa shape index (κ1) is 27.3. The molecule has 2 aliphatic rings.